The van der Waals surface area contributed by atoms with Crippen LogP contribution in [0, 0.1) is 5.82 Å². The van der Waals surface area contributed by atoms with E-state index in [2.05, 4.69) is 5.10 Å². The summed E-state index contributed by atoms with van der Waals surface area (Å²) in [5.41, 5.74) is 6.94. The van der Waals surface area contributed by atoms with Crippen molar-refractivity contribution in [2.45, 2.75) is 6.42 Å². The van der Waals surface area contributed by atoms with Crippen molar-refractivity contribution in [2.24, 2.45) is 5.73 Å². The highest BCUT2D eigenvalue weighted by Crippen LogP contribution is 2.18. The molecule has 2 N–H and O–H groups in total. The molecule has 5 nitrogen and oxygen atoms in total. The maximum atomic E-state index is 13.8. The number of aromatic nitrogens is 2. The largest absolute Gasteiger partial charge is 0.343 e. The molecule has 0 saturated carbocycles. The Labute approximate surface area is 116 Å². The quantitative estimate of drug-likeness (QED) is 0.913. The van der Waals surface area contributed by atoms with Gasteiger partial charge in [-0.25, -0.2) is 9.07 Å². The molecule has 2 rings (SSSR count). The molecule has 0 atom stereocenters. The number of hydrogen-bond donors (Lipinski definition) is 1. The van der Waals surface area contributed by atoms with Gasteiger partial charge in [0.15, 0.2) is 5.69 Å². The van der Waals surface area contributed by atoms with Gasteiger partial charge < -0.3 is 10.6 Å². The van der Waals surface area contributed by atoms with Crippen LogP contribution in [0.3, 0.4) is 0 Å². The molecule has 0 aliphatic carbocycles. The van der Waals surface area contributed by atoms with E-state index in [1.165, 1.54) is 15.6 Å². The molecule has 0 saturated heterocycles. The van der Waals surface area contributed by atoms with Crippen LogP contribution in [0.4, 0.5) is 4.39 Å². The standard InChI is InChI=1S/C14H17FN4O/c1-18(2)14(20)12-7-9-19(17-12)13-5-3-4-11(15)10(13)6-8-16/h3-5,7,9H,6,8,16H2,1-2H3. The van der Waals surface area contributed by atoms with Gasteiger partial charge in [0.25, 0.3) is 5.91 Å². The van der Waals surface area contributed by atoms with E-state index in [0.717, 1.165) is 0 Å². The molecular formula is C14H17FN4O. The van der Waals surface area contributed by atoms with E-state index in [4.69, 9.17) is 5.73 Å². The molecule has 20 heavy (non-hydrogen) atoms. The number of nitrogens with two attached hydrogens (primary N) is 1. The van der Waals surface area contributed by atoms with E-state index in [0.29, 0.717) is 29.9 Å². The Morgan fingerprint density at radius 3 is 2.80 bits per heavy atom. The van der Waals surface area contributed by atoms with Gasteiger partial charge in [0.05, 0.1) is 5.69 Å². The molecule has 0 fully saturated rings. The number of hydrogen-bond acceptors (Lipinski definition) is 3. The molecular weight excluding hydrogens is 259 g/mol. The van der Waals surface area contributed by atoms with Gasteiger partial charge in [0.2, 0.25) is 0 Å². The van der Waals surface area contributed by atoms with Crippen LogP contribution in [0.1, 0.15) is 16.1 Å². The lowest BCUT2D eigenvalue weighted by Gasteiger charge is -2.10. The zero-order valence-electron chi connectivity index (χ0n) is 11.5. The highest BCUT2D eigenvalue weighted by molar-refractivity contribution is 5.91. The van der Waals surface area contributed by atoms with Crippen LogP contribution in [0.2, 0.25) is 0 Å². The van der Waals surface area contributed by atoms with Crippen molar-refractivity contribution < 1.29 is 9.18 Å². The van der Waals surface area contributed by atoms with Gasteiger partial charge in [0.1, 0.15) is 5.82 Å². The Balaban J connectivity index is 2.42. The normalized spacial score (nSPS) is 10.6. The molecule has 106 valence electrons. The molecule has 1 aromatic carbocycles. The molecule has 6 heteroatoms. The molecule has 1 amide bonds. The number of halogens is 1. The molecule has 2 aromatic rings. The fourth-order valence-electron chi connectivity index (χ4n) is 1.96. The maximum Gasteiger partial charge on any atom is 0.273 e. The summed E-state index contributed by atoms with van der Waals surface area (Å²) in [4.78, 5) is 13.3. The minimum absolute atomic E-state index is 0.194. The SMILES string of the molecule is CN(C)C(=O)c1ccn(-c2cccc(F)c2CCN)n1. The van der Waals surface area contributed by atoms with Crippen LogP contribution in [0.15, 0.2) is 30.5 Å². The maximum absolute atomic E-state index is 13.8. The zero-order valence-corrected chi connectivity index (χ0v) is 11.5. The second kappa shape index (κ2) is 5.83. The third-order valence-corrected chi connectivity index (χ3v) is 2.95. The lowest BCUT2D eigenvalue weighted by Crippen LogP contribution is -2.22. The smallest absolute Gasteiger partial charge is 0.273 e. The predicted molar refractivity (Wildman–Crippen MR) is 74.3 cm³/mol. The van der Waals surface area contributed by atoms with Gasteiger partial charge in [-0.2, -0.15) is 5.10 Å². The van der Waals surface area contributed by atoms with Crippen LogP contribution in [0.25, 0.3) is 5.69 Å². The minimum atomic E-state index is -0.316. The topological polar surface area (TPSA) is 64.2 Å². The van der Waals surface area contributed by atoms with Crippen molar-refractivity contribution in [1.29, 1.82) is 0 Å². The second-order valence-corrected chi connectivity index (χ2v) is 4.62. The van der Waals surface area contributed by atoms with Crippen LogP contribution < -0.4 is 5.73 Å². The van der Waals surface area contributed by atoms with Crippen LogP contribution in [-0.4, -0.2) is 41.2 Å². The van der Waals surface area contributed by atoms with Crippen molar-refractivity contribution in [3.8, 4) is 5.69 Å². The Kier molecular flexibility index (Phi) is 4.14. The number of nitrogens with zero attached hydrogens (tertiary/aromatic N) is 3. The van der Waals surface area contributed by atoms with Crippen molar-refractivity contribution in [1.82, 2.24) is 14.7 Å². The minimum Gasteiger partial charge on any atom is -0.343 e. The number of benzene rings is 1. The van der Waals surface area contributed by atoms with Gasteiger partial charge >= 0.3 is 0 Å². The highest BCUT2D eigenvalue weighted by atomic mass is 19.1. The average molecular weight is 276 g/mol. The van der Waals surface area contributed by atoms with Gasteiger partial charge in [-0.3, -0.25) is 4.79 Å². The number of carbonyl (C=O) groups is 1. The third-order valence-electron chi connectivity index (χ3n) is 2.95. The molecule has 0 bridgehead atoms. The van der Waals surface area contributed by atoms with Gasteiger partial charge in [-0.1, -0.05) is 6.07 Å². The van der Waals surface area contributed by atoms with Crippen LogP contribution in [0.5, 0.6) is 0 Å². The van der Waals surface area contributed by atoms with E-state index in [1.807, 2.05) is 0 Å². The number of rotatable bonds is 4. The first-order chi connectivity index (χ1) is 9.54. The number of amides is 1. The lowest BCUT2D eigenvalue weighted by molar-refractivity contribution is 0.0821. The molecule has 0 unspecified atom stereocenters. The van der Waals surface area contributed by atoms with E-state index < -0.39 is 0 Å². The van der Waals surface area contributed by atoms with E-state index in [9.17, 15) is 9.18 Å². The summed E-state index contributed by atoms with van der Waals surface area (Å²) in [6.45, 7) is 0.346. The van der Waals surface area contributed by atoms with E-state index in [-0.39, 0.29) is 11.7 Å². The molecule has 1 heterocycles. The summed E-state index contributed by atoms with van der Waals surface area (Å²) in [6, 6.07) is 6.37. The summed E-state index contributed by atoms with van der Waals surface area (Å²) >= 11 is 0. The monoisotopic (exact) mass is 276 g/mol. The summed E-state index contributed by atoms with van der Waals surface area (Å²) in [5, 5.41) is 4.20. The molecule has 0 aliphatic heterocycles. The van der Waals surface area contributed by atoms with E-state index >= 15 is 0 Å². The first-order valence-corrected chi connectivity index (χ1v) is 6.29. The first-order valence-electron chi connectivity index (χ1n) is 6.29. The Morgan fingerprint density at radius 1 is 1.40 bits per heavy atom. The second-order valence-electron chi connectivity index (χ2n) is 4.62. The number of carbonyl (C=O) groups excluding carboxylic acids is 1. The van der Waals surface area contributed by atoms with Crippen LogP contribution >= 0.6 is 0 Å². The molecule has 0 aliphatic rings. The highest BCUT2D eigenvalue weighted by Gasteiger charge is 2.14. The third kappa shape index (κ3) is 2.70. The fourth-order valence-corrected chi connectivity index (χ4v) is 1.96. The van der Waals surface area contributed by atoms with Gasteiger partial charge in [0, 0.05) is 25.9 Å². The van der Waals surface area contributed by atoms with Gasteiger partial charge in [-0.05, 0) is 31.2 Å². The van der Waals surface area contributed by atoms with Gasteiger partial charge in [-0.15, -0.1) is 0 Å². The average Bonchev–Trinajstić information content (AvgIpc) is 2.89. The van der Waals surface area contributed by atoms with Crippen molar-refractivity contribution in [3.63, 3.8) is 0 Å². The zero-order chi connectivity index (χ0) is 14.7. The molecule has 1 aromatic heterocycles. The Bertz CT molecular complexity index is 621. The van der Waals surface area contributed by atoms with Crippen molar-refractivity contribution in [3.05, 3.63) is 47.5 Å². The summed E-state index contributed by atoms with van der Waals surface area (Å²) in [6.07, 6.45) is 2.06. The molecule has 0 radical (unpaired) electrons. The fraction of sp³-hybridized carbons (Fsp3) is 0.286. The summed E-state index contributed by atoms with van der Waals surface area (Å²) in [5.74, 6) is -0.510. The summed E-state index contributed by atoms with van der Waals surface area (Å²) in [7, 11) is 3.31. The predicted octanol–water partition coefficient (Wildman–Crippen LogP) is 1.21. The van der Waals surface area contributed by atoms with Crippen molar-refractivity contribution in [2.75, 3.05) is 20.6 Å². The Hall–Kier alpha value is -2.21. The summed E-state index contributed by atoms with van der Waals surface area (Å²) < 4.78 is 15.3. The Morgan fingerprint density at radius 2 is 2.15 bits per heavy atom. The van der Waals surface area contributed by atoms with E-state index in [1.54, 1.807) is 38.5 Å². The first kappa shape index (κ1) is 14.2. The van der Waals surface area contributed by atoms with Crippen molar-refractivity contribution >= 4 is 5.91 Å². The molecule has 0 spiro atoms. The van der Waals surface area contributed by atoms with Crippen LogP contribution in [-0.2, 0) is 6.42 Å². The lowest BCUT2D eigenvalue weighted by atomic mass is 10.1.